The Bertz CT molecular complexity index is 112. The molecule has 1 atom stereocenters. The lowest BCUT2D eigenvalue weighted by Crippen LogP contribution is -2.38. The van der Waals surface area contributed by atoms with Crippen LogP contribution in [0.4, 0.5) is 12.9 Å². The quantitative estimate of drug-likeness (QED) is 0.479. The molecule has 0 amide bonds. The van der Waals surface area contributed by atoms with Gasteiger partial charge in [-0.2, -0.15) is 8.78 Å². The average Bonchev–Trinajstić information content (AvgIpc) is 1.60. The van der Waals surface area contributed by atoms with Crippen LogP contribution >= 0.6 is 0 Å². The molecule has 0 aliphatic rings. The third-order valence-corrected chi connectivity index (χ3v) is 2.18. The van der Waals surface area contributed by atoms with Crippen LogP contribution in [-0.2, 0) is 8.85 Å². The molecule has 0 aliphatic carbocycles. The van der Waals surface area contributed by atoms with Crippen molar-refractivity contribution in [2.75, 3.05) is 7.11 Å². The van der Waals surface area contributed by atoms with Gasteiger partial charge in [-0.25, -0.2) is 4.11 Å². The molecule has 2 nitrogen and oxygen atoms in total. The van der Waals surface area contributed by atoms with E-state index in [4.69, 9.17) is 0 Å². The van der Waals surface area contributed by atoms with E-state index in [1.807, 2.05) is 0 Å². The fourth-order valence-corrected chi connectivity index (χ4v) is 1.09. The van der Waals surface area contributed by atoms with Crippen LogP contribution in [0, 0.1) is 0 Å². The molecule has 0 aliphatic heterocycles. The summed E-state index contributed by atoms with van der Waals surface area (Å²) in [6.45, 7) is 1.36. The highest BCUT2D eigenvalue weighted by atomic mass is 28.4. The summed E-state index contributed by atoms with van der Waals surface area (Å²) in [5.74, 6) is 0. The fraction of sp³-hybridized carbons (Fsp3) is 1.00. The Morgan fingerprint density at radius 2 is 1.80 bits per heavy atom. The minimum atomic E-state index is -4.06. The Morgan fingerprint density at radius 1 is 1.40 bits per heavy atom. The molecule has 6 heteroatoms. The van der Waals surface area contributed by atoms with Crippen molar-refractivity contribution < 1.29 is 21.7 Å². The van der Waals surface area contributed by atoms with E-state index in [1.54, 1.807) is 0 Å². The summed E-state index contributed by atoms with van der Waals surface area (Å²) in [6, 6.07) is 0. The molecule has 0 spiro atoms. The van der Waals surface area contributed by atoms with E-state index in [1.165, 1.54) is 0 Å². The summed E-state index contributed by atoms with van der Waals surface area (Å²) in [5, 5.41) is 0. The van der Waals surface area contributed by atoms with Crippen molar-refractivity contribution >= 4 is 8.89 Å². The van der Waals surface area contributed by atoms with Gasteiger partial charge >= 0.3 is 15.0 Å². The molecule has 1 unspecified atom stereocenters. The van der Waals surface area contributed by atoms with Crippen LogP contribution in [0.2, 0.25) is 6.55 Å². The third-order valence-electron chi connectivity index (χ3n) is 0.726. The highest BCUT2D eigenvalue weighted by molar-refractivity contribution is 6.58. The zero-order valence-corrected chi connectivity index (χ0v) is 6.95. The van der Waals surface area contributed by atoms with Gasteiger partial charge in [-0.3, -0.25) is 0 Å². The molecule has 0 radical (unpaired) electrons. The average molecular weight is 174 g/mol. The van der Waals surface area contributed by atoms with Gasteiger partial charge in [0.25, 0.3) is 0 Å². The first-order chi connectivity index (χ1) is 4.27. The smallest absolute Gasteiger partial charge is 0.374 e. The molecule has 0 N–H and O–H groups in total. The van der Waals surface area contributed by atoms with Gasteiger partial charge in [-0.05, 0) is 0 Å². The monoisotopic (exact) mass is 174 g/mol. The summed E-state index contributed by atoms with van der Waals surface area (Å²) >= 11 is 0. The van der Waals surface area contributed by atoms with Crippen LogP contribution in [0.5, 0.6) is 0 Å². The summed E-state index contributed by atoms with van der Waals surface area (Å²) < 4.78 is 44.1. The van der Waals surface area contributed by atoms with Crippen LogP contribution in [0.15, 0.2) is 0 Å². The van der Waals surface area contributed by atoms with Gasteiger partial charge in [0, 0.05) is 20.6 Å². The maximum Gasteiger partial charge on any atom is 0.540 e. The van der Waals surface area contributed by atoms with Gasteiger partial charge in [-0.15, -0.1) is 0 Å². The highest BCUT2D eigenvalue weighted by Gasteiger charge is 2.41. The molecule has 0 aromatic carbocycles. The number of hydrogen-bond donors (Lipinski definition) is 0. The molecule has 0 saturated carbocycles. The highest BCUT2D eigenvalue weighted by Crippen LogP contribution is 2.21. The van der Waals surface area contributed by atoms with E-state index < -0.39 is 15.0 Å². The Hall–Kier alpha value is -0.0731. The van der Waals surface area contributed by atoms with Crippen LogP contribution in [0.25, 0.3) is 0 Å². The van der Waals surface area contributed by atoms with E-state index >= 15 is 0 Å². The zero-order chi connectivity index (χ0) is 8.41. The van der Waals surface area contributed by atoms with Crippen molar-refractivity contribution in [2.45, 2.75) is 19.6 Å². The molecular weight excluding hydrogens is 165 g/mol. The fourth-order valence-electron chi connectivity index (χ4n) is 0.362. The van der Waals surface area contributed by atoms with Crippen molar-refractivity contribution in [3.8, 4) is 0 Å². The number of halogens is 3. The standard InChI is InChI=1S/C4H9F3O2Si/c1-4(5,6)9-10(3,7)8-2/h1-3H3. The lowest BCUT2D eigenvalue weighted by molar-refractivity contribution is -0.183. The topological polar surface area (TPSA) is 18.5 Å². The number of hydrogen-bond acceptors (Lipinski definition) is 2. The van der Waals surface area contributed by atoms with Gasteiger partial charge in [0.15, 0.2) is 0 Å². The second-order valence-corrected chi connectivity index (χ2v) is 4.23. The Labute approximate surface area is 58.4 Å². The SMILES string of the molecule is CO[Si](C)(F)OC(C)(F)F. The molecule has 0 saturated heterocycles. The normalized spacial score (nSPS) is 18.6. The van der Waals surface area contributed by atoms with E-state index in [-0.39, 0.29) is 0 Å². The first-order valence-corrected chi connectivity index (χ1v) is 4.78. The summed E-state index contributed by atoms with van der Waals surface area (Å²) in [7, 11) is -3.06. The predicted molar refractivity (Wildman–Crippen MR) is 31.4 cm³/mol. The van der Waals surface area contributed by atoms with Crippen LogP contribution in [0.3, 0.4) is 0 Å². The van der Waals surface area contributed by atoms with E-state index in [2.05, 4.69) is 8.85 Å². The Morgan fingerprint density at radius 3 is 1.90 bits per heavy atom. The first kappa shape index (κ1) is 9.93. The summed E-state index contributed by atoms with van der Waals surface area (Å²) in [4.78, 5) is 0. The minimum absolute atomic E-state index is 0.469. The first-order valence-electron chi connectivity index (χ1n) is 2.59. The molecule has 0 heterocycles. The molecule has 0 bridgehead atoms. The second kappa shape index (κ2) is 2.89. The van der Waals surface area contributed by atoms with Crippen LogP contribution in [0.1, 0.15) is 6.92 Å². The van der Waals surface area contributed by atoms with Crippen molar-refractivity contribution in [1.29, 1.82) is 0 Å². The second-order valence-electron chi connectivity index (χ2n) is 1.95. The number of alkyl halides is 2. The van der Waals surface area contributed by atoms with Gasteiger partial charge in [0.1, 0.15) is 0 Å². The van der Waals surface area contributed by atoms with Gasteiger partial charge < -0.3 is 8.85 Å². The molecule has 0 rings (SSSR count). The molecule has 0 aromatic rings. The third kappa shape index (κ3) is 4.77. The van der Waals surface area contributed by atoms with Gasteiger partial charge in [0.2, 0.25) is 0 Å². The van der Waals surface area contributed by atoms with Gasteiger partial charge in [0.05, 0.1) is 0 Å². The number of rotatable bonds is 3. The molecule has 0 aromatic heterocycles. The van der Waals surface area contributed by atoms with E-state index in [0.717, 1.165) is 13.7 Å². The predicted octanol–water partition coefficient (Wildman–Crippen LogP) is 1.80. The van der Waals surface area contributed by atoms with Crippen molar-refractivity contribution in [3.63, 3.8) is 0 Å². The van der Waals surface area contributed by atoms with Gasteiger partial charge in [-0.1, -0.05) is 0 Å². The van der Waals surface area contributed by atoms with Crippen LogP contribution in [-0.4, -0.2) is 22.1 Å². The van der Waals surface area contributed by atoms with Crippen molar-refractivity contribution in [3.05, 3.63) is 0 Å². The largest absolute Gasteiger partial charge is 0.540 e. The lowest BCUT2D eigenvalue weighted by Gasteiger charge is -2.19. The Balaban J connectivity index is 3.89. The maximum absolute atomic E-state index is 12.5. The van der Waals surface area contributed by atoms with Crippen molar-refractivity contribution in [1.82, 2.24) is 0 Å². The molecule has 62 valence electrons. The van der Waals surface area contributed by atoms with Crippen LogP contribution < -0.4 is 0 Å². The molecular formula is C4H9F3O2Si. The van der Waals surface area contributed by atoms with E-state index in [0.29, 0.717) is 6.92 Å². The zero-order valence-electron chi connectivity index (χ0n) is 5.95. The lowest BCUT2D eigenvalue weighted by atomic mass is 10.8. The molecule has 0 fully saturated rings. The molecule has 10 heavy (non-hydrogen) atoms. The summed E-state index contributed by atoms with van der Waals surface area (Å²) in [6.07, 6.45) is -3.45. The van der Waals surface area contributed by atoms with Crippen molar-refractivity contribution in [2.24, 2.45) is 0 Å². The minimum Gasteiger partial charge on any atom is -0.374 e. The Kier molecular flexibility index (Phi) is 2.87. The maximum atomic E-state index is 12.5. The van der Waals surface area contributed by atoms with E-state index in [9.17, 15) is 12.9 Å². The summed E-state index contributed by atoms with van der Waals surface area (Å²) in [5.41, 5.74) is 0.